The van der Waals surface area contributed by atoms with E-state index in [2.05, 4.69) is 66.1 Å². The molecule has 0 N–H and O–H groups in total. The smallest absolute Gasteiger partial charge is 0.523 e. The van der Waals surface area contributed by atoms with E-state index in [4.69, 9.17) is 4.74 Å². The predicted molar refractivity (Wildman–Crippen MR) is 141 cm³/mol. The Labute approximate surface area is 230 Å². The summed E-state index contributed by atoms with van der Waals surface area (Å²) < 4.78 is 10.2. The van der Waals surface area contributed by atoms with E-state index in [1.165, 1.54) is 11.1 Å². The van der Waals surface area contributed by atoms with Crippen LogP contribution in [0.3, 0.4) is 0 Å². The number of ether oxygens (including phenoxy) is 1. The van der Waals surface area contributed by atoms with Crippen LogP contribution in [0.2, 0.25) is 0 Å². The van der Waals surface area contributed by atoms with E-state index in [1.807, 2.05) is 77.4 Å². The maximum atomic E-state index is 6.06. The van der Waals surface area contributed by atoms with Gasteiger partial charge in [-0.2, -0.15) is 18.2 Å². The quantitative estimate of drug-likeness (QED) is 0.152. The van der Waals surface area contributed by atoms with Crippen molar-refractivity contribution in [2.45, 2.75) is 13.8 Å². The summed E-state index contributed by atoms with van der Waals surface area (Å²) >= 11 is 0. The first-order valence-electron chi connectivity index (χ1n) is 11.8. The van der Waals surface area contributed by atoms with Crippen LogP contribution in [0.15, 0.2) is 103 Å². The predicted octanol–water partition coefficient (Wildman–Crippen LogP) is 6.78. The van der Waals surface area contributed by atoms with Crippen LogP contribution in [0.4, 0.5) is 0 Å². The van der Waals surface area contributed by atoms with Gasteiger partial charge in [0, 0.05) is 11.9 Å². The first-order valence-corrected chi connectivity index (χ1v) is 11.8. The molecular weight excluding hydrogens is 635 g/mol. The summed E-state index contributed by atoms with van der Waals surface area (Å²) in [5.41, 5.74) is 8.57. The molecule has 0 unspecified atom stereocenters. The van der Waals surface area contributed by atoms with Crippen molar-refractivity contribution in [1.29, 1.82) is 0 Å². The number of nitrogens with zero attached hydrogens (tertiary/aromatic N) is 3. The molecule has 0 atom stereocenters. The van der Waals surface area contributed by atoms with E-state index < -0.39 is 0 Å². The molecule has 4 aromatic carbocycles. The first kappa shape index (κ1) is 24.6. The van der Waals surface area contributed by atoms with Crippen LogP contribution < -0.4 is 9.30 Å². The van der Waals surface area contributed by atoms with Gasteiger partial charge in [0.1, 0.15) is 11.3 Å². The van der Waals surface area contributed by atoms with Gasteiger partial charge in [-0.25, -0.2) is 0 Å². The summed E-state index contributed by atoms with van der Waals surface area (Å²) in [5, 5.41) is 0. The van der Waals surface area contributed by atoms with Gasteiger partial charge in [-0.1, -0.05) is 41.5 Å². The third-order valence-electron chi connectivity index (χ3n) is 6.00. The van der Waals surface area contributed by atoms with Crippen LogP contribution in [0.1, 0.15) is 11.1 Å². The Balaban J connectivity index is 0.000000183. The average molecular weight is 658 g/mol. The number of imidazole rings is 1. The van der Waals surface area contributed by atoms with Crippen molar-refractivity contribution in [2.24, 2.45) is 0 Å². The van der Waals surface area contributed by atoms with Gasteiger partial charge in [0.25, 0.3) is 6.33 Å². The Kier molecular flexibility index (Phi) is 7.00. The molecule has 0 spiro atoms. The minimum atomic E-state index is 0. The van der Waals surface area contributed by atoms with Gasteiger partial charge in [0.2, 0.25) is 0 Å². The molecular formula is C32H23IrN3O+. The van der Waals surface area contributed by atoms with Crippen molar-refractivity contribution in [2.75, 3.05) is 0 Å². The maximum Gasteiger partial charge on any atom is 3.00 e. The van der Waals surface area contributed by atoms with E-state index in [0.717, 1.165) is 45.2 Å². The topological polar surface area (TPSA) is 30.9 Å². The van der Waals surface area contributed by atoms with Crippen molar-refractivity contribution >= 4 is 11.0 Å². The summed E-state index contributed by atoms with van der Waals surface area (Å²) in [6.07, 6.45) is 5.27. The SMILES string of the molecule is Cc1cc(C)cc(-n2[c-][n+]3c4c(cccc42)Oc2ccc[c-]c2-3)c1.[Ir+3].[c-]1ccccc1-c1ccccn1. The molecule has 6 aromatic rings. The monoisotopic (exact) mass is 658 g/mol. The maximum absolute atomic E-state index is 6.06. The second-order valence-electron chi connectivity index (χ2n) is 8.72. The summed E-state index contributed by atoms with van der Waals surface area (Å²) in [7, 11) is 0. The van der Waals surface area contributed by atoms with Crippen molar-refractivity contribution in [3.8, 4) is 34.1 Å². The van der Waals surface area contributed by atoms with Gasteiger partial charge in [0.05, 0.1) is 11.2 Å². The largest absolute Gasteiger partial charge is 3.00 e. The van der Waals surface area contributed by atoms with Crippen LogP contribution >= 0.6 is 0 Å². The Morgan fingerprint density at radius 3 is 2.32 bits per heavy atom. The number of hydrogen-bond donors (Lipinski definition) is 0. The molecule has 7 rings (SSSR count). The Hall–Kier alpha value is -4.05. The number of rotatable bonds is 2. The first-order chi connectivity index (χ1) is 17.7. The molecule has 2 aromatic heterocycles. The van der Waals surface area contributed by atoms with Crippen LogP contribution in [-0.4, -0.2) is 9.55 Å². The summed E-state index contributed by atoms with van der Waals surface area (Å²) in [5.74, 6) is 1.65. The summed E-state index contributed by atoms with van der Waals surface area (Å²) in [4.78, 5) is 4.22. The normalized spacial score (nSPS) is 11.0. The third kappa shape index (κ3) is 4.84. The number of fused-ring (bicyclic) bond motifs is 2. The van der Waals surface area contributed by atoms with E-state index in [-0.39, 0.29) is 20.1 Å². The number of aromatic nitrogens is 3. The van der Waals surface area contributed by atoms with E-state index in [0.29, 0.717) is 0 Å². The second-order valence-corrected chi connectivity index (χ2v) is 8.72. The molecule has 4 nitrogen and oxygen atoms in total. The van der Waals surface area contributed by atoms with Crippen molar-refractivity contribution < 1.29 is 29.4 Å². The van der Waals surface area contributed by atoms with E-state index in [1.54, 1.807) is 6.20 Å². The fraction of sp³-hybridized carbons (Fsp3) is 0.0625. The zero-order valence-corrected chi connectivity index (χ0v) is 22.8. The number of hydrogen-bond acceptors (Lipinski definition) is 2. The molecule has 1 aliphatic heterocycles. The fourth-order valence-corrected chi connectivity index (χ4v) is 4.50. The number of pyridine rings is 1. The second kappa shape index (κ2) is 10.5. The van der Waals surface area contributed by atoms with Crippen LogP contribution in [0.25, 0.3) is 33.7 Å². The molecule has 37 heavy (non-hydrogen) atoms. The third-order valence-corrected chi connectivity index (χ3v) is 6.00. The Bertz CT molecular complexity index is 1620. The minimum absolute atomic E-state index is 0. The zero-order chi connectivity index (χ0) is 24.5. The molecule has 0 aliphatic carbocycles. The Morgan fingerprint density at radius 1 is 0.784 bits per heavy atom. The van der Waals surface area contributed by atoms with Gasteiger partial charge in [-0.3, -0.25) is 4.57 Å². The molecule has 0 saturated heterocycles. The molecule has 0 fully saturated rings. The molecule has 0 amide bonds. The molecule has 0 radical (unpaired) electrons. The van der Waals surface area contributed by atoms with Gasteiger partial charge in [0.15, 0.2) is 0 Å². The van der Waals surface area contributed by atoms with Crippen molar-refractivity contribution in [1.82, 2.24) is 9.55 Å². The molecule has 180 valence electrons. The molecule has 0 bridgehead atoms. The van der Waals surface area contributed by atoms with Gasteiger partial charge in [-0.15, -0.1) is 42.0 Å². The average Bonchev–Trinajstić information content (AvgIpc) is 3.31. The summed E-state index contributed by atoms with van der Waals surface area (Å²) in [6.45, 7) is 4.23. The fourth-order valence-electron chi connectivity index (χ4n) is 4.50. The molecule has 5 heteroatoms. The van der Waals surface area contributed by atoms with Crippen molar-refractivity contribution in [3.63, 3.8) is 0 Å². The standard InChI is InChI=1S/C21H15N2O.C11H8N.Ir/c1-14-10-15(2)12-16(11-14)22-13-23-17-6-3-4-8-19(17)24-20-9-5-7-18(22)21(20)23;1-2-6-10(7-3-1)11-8-4-5-9-12-11;/h3-5,7-12H,1-2H3;1-6,8-9H;/q2*-1;+3. The molecule has 3 heterocycles. The summed E-state index contributed by atoms with van der Waals surface area (Å²) in [6, 6.07) is 38.5. The Morgan fingerprint density at radius 2 is 1.57 bits per heavy atom. The molecule has 0 saturated carbocycles. The van der Waals surface area contributed by atoms with Crippen LogP contribution in [-0.2, 0) is 20.1 Å². The van der Waals surface area contributed by atoms with Crippen molar-refractivity contribution in [3.05, 3.63) is 133 Å². The van der Waals surface area contributed by atoms with Crippen LogP contribution in [0, 0.1) is 32.3 Å². The van der Waals surface area contributed by atoms with Crippen LogP contribution in [0.5, 0.6) is 11.5 Å². The number of aryl methyl sites for hydroxylation is 2. The minimum Gasteiger partial charge on any atom is -0.523 e. The van der Waals surface area contributed by atoms with Gasteiger partial charge >= 0.3 is 20.1 Å². The van der Waals surface area contributed by atoms with E-state index >= 15 is 0 Å². The van der Waals surface area contributed by atoms with E-state index in [9.17, 15) is 0 Å². The van der Waals surface area contributed by atoms with Gasteiger partial charge < -0.3 is 14.3 Å². The number of para-hydroxylation sites is 2. The van der Waals surface area contributed by atoms with Gasteiger partial charge in [-0.05, 0) is 49.5 Å². The molecule has 1 aliphatic rings. The number of benzene rings is 4. The zero-order valence-electron chi connectivity index (χ0n) is 20.4.